The van der Waals surface area contributed by atoms with Crippen LogP contribution in [-0.2, 0) is 25.7 Å². The molecule has 0 spiro atoms. The maximum absolute atomic E-state index is 13.4. The number of rotatable bonds is 8. The van der Waals surface area contributed by atoms with Gasteiger partial charge in [0.1, 0.15) is 12.3 Å². The van der Waals surface area contributed by atoms with Crippen molar-refractivity contribution >= 4 is 21.6 Å². The number of methoxy groups -OCH3 is 1. The third-order valence-electron chi connectivity index (χ3n) is 4.94. The minimum absolute atomic E-state index is 0.0275. The number of nitrogens with zero attached hydrogens (tertiary/aromatic N) is 1. The fourth-order valence-electron chi connectivity index (χ4n) is 3.31. The van der Waals surface area contributed by atoms with E-state index in [0.717, 1.165) is 35.3 Å². The molecule has 1 N–H and O–H groups in total. The molecule has 1 aliphatic rings. The summed E-state index contributed by atoms with van der Waals surface area (Å²) in [7, 11) is -3.22. The van der Waals surface area contributed by atoms with Gasteiger partial charge in [0.25, 0.3) is 10.0 Å². The van der Waals surface area contributed by atoms with Gasteiger partial charge in [-0.3, -0.25) is 9.10 Å². The Morgan fingerprint density at radius 2 is 1.97 bits per heavy atom. The van der Waals surface area contributed by atoms with E-state index in [1.807, 2.05) is 0 Å². The molecule has 0 saturated carbocycles. The van der Waals surface area contributed by atoms with Crippen molar-refractivity contribution in [1.82, 2.24) is 5.32 Å². The number of amides is 1. The Morgan fingerprint density at radius 1 is 1.22 bits per heavy atom. The van der Waals surface area contributed by atoms with Crippen LogP contribution in [0.3, 0.4) is 0 Å². The lowest BCUT2D eigenvalue weighted by Crippen LogP contribution is -2.43. The van der Waals surface area contributed by atoms with Crippen molar-refractivity contribution in [2.45, 2.75) is 30.0 Å². The summed E-state index contributed by atoms with van der Waals surface area (Å²) in [6.07, 6.45) is -3.23. The summed E-state index contributed by atoms with van der Waals surface area (Å²) >= 11 is 0. The molecule has 11 heteroatoms. The SMILES string of the molecule is COc1ccccc1N(CC(=O)NC[C@H]1CCCO1)S(=O)(=O)c1cccc(C(F)(F)F)c1. The lowest BCUT2D eigenvalue weighted by Gasteiger charge is -2.26. The van der Waals surface area contributed by atoms with Crippen molar-refractivity contribution in [2.24, 2.45) is 0 Å². The van der Waals surface area contributed by atoms with E-state index in [0.29, 0.717) is 12.7 Å². The van der Waals surface area contributed by atoms with Gasteiger partial charge in [-0.2, -0.15) is 13.2 Å². The van der Waals surface area contributed by atoms with E-state index >= 15 is 0 Å². The summed E-state index contributed by atoms with van der Waals surface area (Å²) in [5.74, 6) is -0.475. The summed E-state index contributed by atoms with van der Waals surface area (Å²) in [6.45, 7) is 0.158. The average Bonchev–Trinajstić information content (AvgIpc) is 3.29. The average molecular weight is 472 g/mol. The van der Waals surface area contributed by atoms with E-state index < -0.39 is 39.1 Å². The number of carbonyl (C=O) groups is 1. The van der Waals surface area contributed by atoms with E-state index in [-0.39, 0.29) is 24.1 Å². The highest BCUT2D eigenvalue weighted by atomic mass is 32.2. The second-order valence-electron chi connectivity index (χ2n) is 7.15. The molecular weight excluding hydrogens is 449 g/mol. The van der Waals surface area contributed by atoms with Gasteiger partial charge in [-0.15, -0.1) is 0 Å². The van der Waals surface area contributed by atoms with Crippen LogP contribution in [0.4, 0.5) is 18.9 Å². The molecule has 0 aromatic heterocycles. The van der Waals surface area contributed by atoms with Crippen molar-refractivity contribution in [3.8, 4) is 5.75 Å². The van der Waals surface area contributed by atoms with Crippen LogP contribution in [0.5, 0.6) is 5.75 Å². The first kappa shape index (κ1) is 23.9. The lowest BCUT2D eigenvalue weighted by molar-refractivity contribution is -0.137. The molecule has 2 aromatic rings. The number of ether oxygens (including phenoxy) is 2. The molecule has 0 unspecified atom stereocenters. The quantitative estimate of drug-likeness (QED) is 0.638. The number of carbonyl (C=O) groups excluding carboxylic acids is 1. The number of halogens is 3. The molecular formula is C21H23F3N2O5S. The summed E-state index contributed by atoms with van der Waals surface area (Å²) in [5, 5.41) is 2.63. The molecule has 7 nitrogen and oxygen atoms in total. The number of hydrogen-bond acceptors (Lipinski definition) is 5. The predicted molar refractivity (Wildman–Crippen MR) is 111 cm³/mol. The first-order valence-corrected chi connectivity index (χ1v) is 11.3. The molecule has 1 atom stereocenters. The maximum Gasteiger partial charge on any atom is 0.416 e. The van der Waals surface area contributed by atoms with Crippen molar-refractivity contribution in [2.75, 3.05) is 31.1 Å². The topological polar surface area (TPSA) is 84.9 Å². The van der Waals surface area contributed by atoms with E-state index in [2.05, 4.69) is 5.32 Å². The second kappa shape index (κ2) is 9.78. The van der Waals surface area contributed by atoms with Crippen LogP contribution in [0, 0.1) is 0 Å². The third-order valence-corrected chi connectivity index (χ3v) is 6.70. The maximum atomic E-state index is 13.4. The zero-order valence-corrected chi connectivity index (χ0v) is 18.1. The van der Waals surface area contributed by atoms with Crippen LogP contribution in [0.1, 0.15) is 18.4 Å². The zero-order chi connectivity index (χ0) is 23.4. The Balaban J connectivity index is 1.95. The van der Waals surface area contributed by atoms with Gasteiger partial charge in [-0.05, 0) is 43.2 Å². The summed E-state index contributed by atoms with van der Waals surface area (Å²) in [6, 6.07) is 9.44. The van der Waals surface area contributed by atoms with Crippen LogP contribution in [0.25, 0.3) is 0 Å². The molecule has 2 aromatic carbocycles. The molecule has 0 bridgehead atoms. The van der Waals surface area contributed by atoms with Gasteiger partial charge in [0.05, 0.1) is 29.4 Å². The van der Waals surface area contributed by atoms with Gasteiger partial charge in [-0.1, -0.05) is 18.2 Å². The van der Waals surface area contributed by atoms with Gasteiger partial charge in [0, 0.05) is 13.2 Å². The molecule has 1 heterocycles. The van der Waals surface area contributed by atoms with Crippen LogP contribution in [0.2, 0.25) is 0 Å². The highest BCUT2D eigenvalue weighted by Gasteiger charge is 2.34. The van der Waals surface area contributed by atoms with E-state index in [1.54, 1.807) is 6.07 Å². The number of sulfonamides is 1. The van der Waals surface area contributed by atoms with Crippen LogP contribution in [-0.4, -0.2) is 47.2 Å². The number of hydrogen-bond donors (Lipinski definition) is 1. The van der Waals surface area contributed by atoms with Crippen molar-refractivity contribution in [3.05, 3.63) is 54.1 Å². The standard InChI is InChI=1S/C21H23F3N2O5S/c1-30-19-10-3-2-9-18(19)26(14-20(27)25-13-16-7-5-11-31-16)32(28,29)17-8-4-6-15(12-17)21(22,23)24/h2-4,6,8-10,12,16H,5,7,11,13-14H2,1H3,(H,25,27)/t16-/m1/s1. The molecule has 0 radical (unpaired) electrons. The minimum atomic E-state index is -4.72. The van der Waals surface area contributed by atoms with Gasteiger partial charge in [0.2, 0.25) is 5.91 Å². The van der Waals surface area contributed by atoms with E-state index in [4.69, 9.17) is 9.47 Å². The Hall–Kier alpha value is -2.79. The van der Waals surface area contributed by atoms with Crippen molar-refractivity contribution in [3.63, 3.8) is 0 Å². The smallest absolute Gasteiger partial charge is 0.416 e. The molecule has 1 amide bonds. The molecule has 1 fully saturated rings. The molecule has 0 aliphatic carbocycles. The van der Waals surface area contributed by atoms with Crippen molar-refractivity contribution in [1.29, 1.82) is 0 Å². The molecule has 1 aliphatic heterocycles. The summed E-state index contributed by atoms with van der Waals surface area (Å²) < 4.78 is 77.6. The Kier molecular flexibility index (Phi) is 7.29. The highest BCUT2D eigenvalue weighted by Crippen LogP contribution is 2.34. The molecule has 1 saturated heterocycles. The van der Waals surface area contributed by atoms with Crippen LogP contribution >= 0.6 is 0 Å². The largest absolute Gasteiger partial charge is 0.495 e. The van der Waals surface area contributed by atoms with E-state index in [9.17, 15) is 26.4 Å². The first-order chi connectivity index (χ1) is 15.1. The van der Waals surface area contributed by atoms with Crippen molar-refractivity contribution < 1.29 is 35.9 Å². The number of anilines is 1. The Morgan fingerprint density at radius 3 is 2.62 bits per heavy atom. The summed E-state index contributed by atoms with van der Waals surface area (Å²) in [5.41, 5.74) is -1.08. The fourth-order valence-corrected chi connectivity index (χ4v) is 4.79. The fraction of sp³-hybridized carbons (Fsp3) is 0.381. The minimum Gasteiger partial charge on any atom is -0.495 e. The number of nitrogens with one attached hydrogen (secondary N) is 1. The van der Waals surface area contributed by atoms with Crippen LogP contribution < -0.4 is 14.4 Å². The Bertz CT molecular complexity index is 1050. The molecule has 32 heavy (non-hydrogen) atoms. The van der Waals surface area contributed by atoms with Gasteiger partial charge in [-0.25, -0.2) is 8.42 Å². The third kappa shape index (κ3) is 5.52. The van der Waals surface area contributed by atoms with Gasteiger partial charge in [0.15, 0.2) is 0 Å². The second-order valence-corrected chi connectivity index (χ2v) is 9.01. The summed E-state index contributed by atoms with van der Waals surface area (Å²) in [4.78, 5) is 12.0. The number of alkyl halides is 3. The highest BCUT2D eigenvalue weighted by molar-refractivity contribution is 7.92. The molecule has 3 rings (SSSR count). The molecule has 174 valence electrons. The van der Waals surface area contributed by atoms with Gasteiger partial charge >= 0.3 is 6.18 Å². The predicted octanol–water partition coefficient (Wildman–Crippen LogP) is 3.20. The Labute approximate surface area is 184 Å². The zero-order valence-electron chi connectivity index (χ0n) is 17.3. The van der Waals surface area contributed by atoms with Gasteiger partial charge < -0.3 is 14.8 Å². The first-order valence-electron chi connectivity index (χ1n) is 9.84. The normalized spacial score (nSPS) is 16.6. The monoisotopic (exact) mass is 472 g/mol. The number of benzene rings is 2. The van der Waals surface area contributed by atoms with Crippen LogP contribution in [0.15, 0.2) is 53.4 Å². The van der Waals surface area contributed by atoms with E-state index in [1.165, 1.54) is 25.3 Å². The lowest BCUT2D eigenvalue weighted by atomic mass is 10.2. The number of para-hydroxylation sites is 2.